The van der Waals surface area contributed by atoms with Crippen molar-refractivity contribution in [1.82, 2.24) is 25.4 Å². The summed E-state index contributed by atoms with van der Waals surface area (Å²) in [6, 6.07) is 7.69. The van der Waals surface area contributed by atoms with Gasteiger partial charge in [0, 0.05) is 25.1 Å². The van der Waals surface area contributed by atoms with E-state index in [1.54, 1.807) is 35.3 Å². The lowest BCUT2D eigenvalue weighted by molar-refractivity contribution is 0.0621. The van der Waals surface area contributed by atoms with Crippen LogP contribution in [0, 0.1) is 0 Å². The second-order valence-electron chi connectivity index (χ2n) is 6.31. The predicted octanol–water partition coefficient (Wildman–Crippen LogP) is 2.91. The van der Waals surface area contributed by atoms with Crippen LogP contribution in [-0.2, 0) is 12.1 Å². The molecular formula is C19H25IN6OS. The van der Waals surface area contributed by atoms with Crippen LogP contribution in [0.2, 0.25) is 0 Å². The summed E-state index contributed by atoms with van der Waals surface area (Å²) in [6.07, 6.45) is 5.33. The number of nitrogens with zero attached hydrogens (tertiary/aromatic N) is 4. The highest BCUT2D eigenvalue weighted by Gasteiger charge is 2.23. The monoisotopic (exact) mass is 512 g/mol. The molecule has 3 heterocycles. The Bertz CT molecular complexity index is 864. The van der Waals surface area contributed by atoms with Crippen molar-refractivity contribution >= 4 is 41.3 Å². The predicted molar refractivity (Wildman–Crippen MR) is 123 cm³/mol. The number of hydrogen-bond acceptors (Lipinski definition) is 5. The molecule has 3 rings (SSSR count). The Morgan fingerprint density at radius 1 is 1.32 bits per heavy atom. The normalized spacial score (nSPS) is 13.5. The molecule has 0 aliphatic heterocycles. The van der Waals surface area contributed by atoms with Crippen LogP contribution in [0.25, 0.3) is 5.82 Å². The lowest BCUT2D eigenvalue weighted by atomic mass is 9.99. The maximum absolute atomic E-state index is 10.7. The van der Waals surface area contributed by atoms with E-state index in [2.05, 4.69) is 25.7 Å². The molecule has 0 saturated heterocycles. The SMILES string of the molecule is CCNC(=NCc1ccnc(-n2cccn2)c1)NCC(C)(O)c1ccsc1.I. The van der Waals surface area contributed by atoms with Crippen LogP contribution in [-0.4, -0.2) is 38.9 Å². The van der Waals surface area contributed by atoms with Crippen molar-refractivity contribution in [2.45, 2.75) is 26.0 Å². The van der Waals surface area contributed by atoms with Crippen LogP contribution in [0.3, 0.4) is 0 Å². The third-order valence-corrected chi connectivity index (χ3v) is 4.74. The van der Waals surface area contributed by atoms with Crippen LogP contribution in [0.15, 0.2) is 58.6 Å². The number of guanidine groups is 1. The number of nitrogens with one attached hydrogen (secondary N) is 2. The van der Waals surface area contributed by atoms with Gasteiger partial charge in [0.25, 0.3) is 0 Å². The van der Waals surface area contributed by atoms with E-state index in [0.29, 0.717) is 19.0 Å². The fourth-order valence-corrected chi connectivity index (χ4v) is 3.31. The number of rotatable bonds is 7. The molecule has 3 N–H and O–H groups in total. The third kappa shape index (κ3) is 6.01. The van der Waals surface area contributed by atoms with E-state index in [0.717, 1.165) is 23.5 Å². The van der Waals surface area contributed by atoms with E-state index in [1.165, 1.54) is 0 Å². The van der Waals surface area contributed by atoms with Gasteiger partial charge in [-0.15, -0.1) is 24.0 Å². The summed E-state index contributed by atoms with van der Waals surface area (Å²) >= 11 is 1.57. The van der Waals surface area contributed by atoms with E-state index in [-0.39, 0.29) is 24.0 Å². The fraction of sp³-hybridized carbons (Fsp3) is 0.316. The summed E-state index contributed by atoms with van der Waals surface area (Å²) in [5.74, 6) is 1.41. The summed E-state index contributed by atoms with van der Waals surface area (Å²) in [5.41, 5.74) is 0.964. The summed E-state index contributed by atoms with van der Waals surface area (Å²) in [7, 11) is 0. The van der Waals surface area contributed by atoms with Gasteiger partial charge in [-0.1, -0.05) is 0 Å². The van der Waals surface area contributed by atoms with Gasteiger partial charge in [-0.2, -0.15) is 16.4 Å². The Morgan fingerprint density at radius 3 is 2.86 bits per heavy atom. The van der Waals surface area contributed by atoms with Crippen LogP contribution >= 0.6 is 35.3 Å². The zero-order chi connectivity index (χ0) is 19.1. The second kappa shape index (κ2) is 10.5. The maximum Gasteiger partial charge on any atom is 0.191 e. The molecule has 28 heavy (non-hydrogen) atoms. The average Bonchev–Trinajstić information content (AvgIpc) is 3.38. The van der Waals surface area contributed by atoms with Crippen molar-refractivity contribution < 1.29 is 5.11 Å². The highest BCUT2D eigenvalue weighted by Crippen LogP contribution is 2.21. The zero-order valence-corrected chi connectivity index (χ0v) is 19.0. The Morgan fingerprint density at radius 2 is 2.18 bits per heavy atom. The minimum Gasteiger partial charge on any atom is -0.384 e. The number of aliphatic imine (C=N–C) groups is 1. The zero-order valence-electron chi connectivity index (χ0n) is 15.9. The van der Waals surface area contributed by atoms with E-state index < -0.39 is 5.60 Å². The second-order valence-corrected chi connectivity index (χ2v) is 7.09. The molecule has 0 aliphatic carbocycles. The van der Waals surface area contributed by atoms with Crippen LogP contribution in [0.1, 0.15) is 25.0 Å². The lowest BCUT2D eigenvalue weighted by Gasteiger charge is -2.24. The number of thiophene rings is 1. The largest absolute Gasteiger partial charge is 0.384 e. The first-order chi connectivity index (χ1) is 13.1. The molecule has 3 aromatic rings. The standard InChI is InChI=1S/C19H24N6OS.HI/c1-3-20-18(23-14-19(2,26)16-6-10-27-13-16)22-12-15-5-8-21-17(11-15)25-9-4-7-24-25;/h4-11,13,26H,3,12,14H2,1-2H3,(H2,20,22,23);1H. The molecule has 0 aromatic carbocycles. The van der Waals surface area contributed by atoms with Gasteiger partial charge in [0.05, 0.1) is 13.1 Å². The smallest absolute Gasteiger partial charge is 0.191 e. The molecule has 9 heteroatoms. The molecule has 150 valence electrons. The van der Waals surface area contributed by atoms with Crippen molar-refractivity contribution in [2.24, 2.45) is 4.99 Å². The van der Waals surface area contributed by atoms with Crippen LogP contribution < -0.4 is 10.6 Å². The van der Waals surface area contributed by atoms with Gasteiger partial charge in [0.1, 0.15) is 5.60 Å². The Labute approximate surface area is 186 Å². The van der Waals surface area contributed by atoms with E-state index in [1.807, 2.05) is 48.1 Å². The molecule has 0 bridgehead atoms. The summed E-state index contributed by atoms with van der Waals surface area (Å²) in [6.45, 7) is 5.40. The van der Waals surface area contributed by atoms with Crippen molar-refractivity contribution in [3.8, 4) is 5.82 Å². The average molecular weight is 512 g/mol. The number of aliphatic hydroxyl groups is 1. The molecule has 0 aliphatic rings. The first-order valence-electron chi connectivity index (χ1n) is 8.80. The van der Waals surface area contributed by atoms with Gasteiger partial charge < -0.3 is 15.7 Å². The highest BCUT2D eigenvalue weighted by atomic mass is 127. The van der Waals surface area contributed by atoms with Gasteiger partial charge in [0.2, 0.25) is 0 Å². The van der Waals surface area contributed by atoms with Gasteiger partial charge in [-0.3, -0.25) is 0 Å². The Kier molecular flexibility index (Phi) is 8.39. The molecule has 0 saturated carbocycles. The Balaban J connectivity index is 0.00000280. The molecule has 1 atom stereocenters. The summed E-state index contributed by atoms with van der Waals surface area (Å²) in [4.78, 5) is 8.95. The van der Waals surface area contributed by atoms with Crippen LogP contribution in [0.4, 0.5) is 0 Å². The molecule has 0 spiro atoms. The molecule has 3 aromatic heterocycles. The number of halogens is 1. The van der Waals surface area contributed by atoms with Crippen LogP contribution in [0.5, 0.6) is 0 Å². The van der Waals surface area contributed by atoms with Crippen molar-refractivity contribution in [2.75, 3.05) is 13.1 Å². The van der Waals surface area contributed by atoms with Gasteiger partial charge in [-0.25, -0.2) is 14.7 Å². The minimum absolute atomic E-state index is 0. The molecule has 7 nitrogen and oxygen atoms in total. The highest BCUT2D eigenvalue weighted by molar-refractivity contribution is 14.0. The first-order valence-corrected chi connectivity index (χ1v) is 9.75. The Hall–Kier alpha value is -1.98. The van der Waals surface area contributed by atoms with Crippen molar-refractivity contribution in [1.29, 1.82) is 0 Å². The van der Waals surface area contributed by atoms with E-state index >= 15 is 0 Å². The van der Waals surface area contributed by atoms with Gasteiger partial charge in [0.15, 0.2) is 11.8 Å². The number of pyridine rings is 1. The van der Waals surface area contributed by atoms with E-state index in [4.69, 9.17) is 0 Å². The maximum atomic E-state index is 10.7. The first kappa shape index (κ1) is 22.3. The lowest BCUT2D eigenvalue weighted by Crippen LogP contribution is -2.44. The number of aromatic nitrogens is 3. The topological polar surface area (TPSA) is 87.4 Å². The minimum atomic E-state index is -0.958. The molecular weight excluding hydrogens is 487 g/mol. The third-order valence-electron chi connectivity index (χ3n) is 4.06. The number of hydrogen-bond donors (Lipinski definition) is 3. The molecule has 0 fully saturated rings. The molecule has 0 amide bonds. The molecule has 1 unspecified atom stereocenters. The molecule has 0 radical (unpaired) electrons. The summed E-state index contributed by atoms with van der Waals surface area (Å²) in [5, 5.41) is 25.2. The quantitative estimate of drug-likeness (QED) is 0.258. The van der Waals surface area contributed by atoms with Gasteiger partial charge >= 0.3 is 0 Å². The van der Waals surface area contributed by atoms with Gasteiger partial charge in [-0.05, 0) is 60.0 Å². The van der Waals surface area contributed by atoms with Crippen molar-refractivity contribution in [3.63, 3.8) is 0 Å². The summed E-state index contributed by atoms with van der Waals surface area (Å²) < 4.78 is 1.72. The van der Waals surface area contributed by atoms with Crippen molar-refractivity contribution in [3.05, 3.63) is 64.7 Å². The fourth-order valence-electron chi connectivity index (χ4n) is 2.53. The van der Waals surface area contributed by atoms with E-state index in [9.17, 15) is 5.11 Å².